The molecule has 6 heteroatoms. The maximum absolute atomic E-state index is 11.0. The van der Waals surface area contributed by atoms with Gasteiger partial charge >= 0.3 is 5.97 Å². The van der Waals surface area contributed by atoms with Crippen LogP contribution in [0.2, 0.25) is 0 Å². The van der Waals surface area contributed by atoms with Gasteiger partial charge < -0.3 is 20.6 Å². The number of carbonyl (C=O) groups excluding carboxylic acids is 1. The molecule has 0 fully saturated rings. The van der Waals surface area contributed by atoms with E-state index in [1.165, 1.54) is 0 Å². The van der Waals surface area contributed by atoms with Gasteiger partial charge in [-0.05, 0) is 6.42 Å². The first-order valence-corrected chi connectivity index (χ1v) is 4.37. The maximum atomic E-state index is 11.0. The van der Waals surface area contributed by atoms with Gasteiger partial charge in [-0.15, -0.1) is 0 Å². The van der Waals surface area contributed by atoms with Crippen molar-refractivity contribution in [2.24, 2.45) is 0 Å². The molecule has 6 nitrogen and oxygen atoms in total. The van der Waals surface area contributed by atoms with E-state index in [4.69, 9.17) is 15.3 Å². The van der Waals surface area contributed by atoms with Gasteiger partial charge in [0, 0.05) is 6.54 Å². The van der Waals surface area contributed by atoms with Crippen LogP contribution in [0, 0.1) is 0 Å². The number of aliphatic carboxylic acids is 1. The summed E-state index contributed by atoms with van der Waals surface area (Å²) in [6, 6.07) is 0. The van der Waals surface area contributed by atoms with Crippen molar-refractivity contribution in [1.29, 1.82) is 0 Å². The third-order valence-corrected chi connectivity index (χ3v) is 1.65. The number of carboxylic acids is 1. The van der Waals surface area contributed by atoms with Crippen LogP contribution < -0.4 is 5.32 Å². The molecule has 0 aromatic rings. The predicted molar refractivity (Wildman–Crippen MR) is 47.6 cm³/mol. The Kier molecular flexibility index (Phi) is 5.82. The zero-order chi connectivity index (χ0) is 11.1. The minimum atomic E-state index is -2.07. The number of carboxylic acid groups (broad SMARTS) is 1. The van der Waals surface area contributed by atoms with E-state index in [-0.39, 0.29) is 0 Å². The van der Waals surface area contributed by atoms with Crippen LogP contribution in [-0.2, 0) is 9.59 Å². The van der Waals surface area contributed by atoms with E-state index in [1.54, 1.807) is 0 Å². The molecule has 0 saturated carbocycles. The molecule has 1 amide bonds. The summed E-state index contributed by atoms with van der Waals surface area (Å²) in [5.74, 6) is -2.49. The Hall–Kier alpha value is -1.14. The molecule has 82 valence electrons. The van der Waals surface area contributed by atoms with Gasteiger partial charge in [-0.25, -0.2) is 4.79 Å². The monoisotopic (exact) mass is 205 g/mol. The minimum absolute atomic E-state index is 0.360. The van der Waals surface area contributed by atoms with Crippen molar-refractivity contribution in [3.63, 3.8) is 0 Å². The number of nitrogens with one attached hydrogen (secondary N) is 1. The molecule has 0 bridgehead atoms. The average Bonchev–Trinajstić information content (AvgIpc) is 2.15. The highest BCUT2D eigenvalue weighted by Gasteiger charge is 2.29. The lowest BCUT2D eigenvalue weighted by Gasteiger charge is -2.13. The van der Waals surface area contributed by atoms with Gasteiger partial charge in [-0.1, -0.05) is 13.3 Å². The van der Waals surface area contributed by atoms with E-state index in [1.807, 2.05) is 6.92 Å². The molecule has 0 saturated heterocycles. The molecule has 0 unspecified atom stereocenters. The molecular weight excluding hydrogens is 190 g/mol. The van der Waals surface area contributed by atoms with Gasteiger partial charge in [0.15, 0.2) is 12.2 Å². The van der Waals surface area contributed by atoms with Crippen LogP contribution in [0.4, 0.5) is 0 Å². The third-order valence-electron chi connectivity index (χ3n) is 1.65. The van der Waals surface area contributed by atoms with E-state index < -0.39 is 24.1 Å². The Morgan fingerprint density at radius 2 is 1.86 bits per heavy atom. The molecule has 0 aliphatic heterocycles. The summed E-state index contributed by atoms with van der Waals surface area (Å²) in [5, 5.41) is 28.4. The molecule has 0 spiro atoms. The fourth-order valence-electron chi connectivity index (χ4n) is 0.771. The lowest BCUT2D eigenvalue weighted by Crippen LogP contribution is -2.45. The molecule has 0 heterocycles. The number of aliphatic hydroxyl groups is 2. The van der Waals surface area contributed by atoms with E-state index in [0.717, 1.165) is 12.8 Å². The van der Waals surface area contributed by atoms with Gasteiger partial charge in [-0.3, -0.25) is 4.79 Å². The van der Waals surface area contributed by atoms with Crippen molar-refractivity contribution in [2.75, 3.05) is 6.54 Å². The smallest absolute Gasteiger partial charge is 0.335 e. The van der Waals surface area contributed by atoms with Crippen LogP contribution in [0.1, 0.15) is 19.8 Å². The molecule has 0 aliphatic rings. The van der Waals surface area contributed by atoms with Gasteiger partial charge in [0.2, 0.25) is 0 Å². The summed E-state index contributed by atoms with van der Waals surface area (Å²) in [4.78, 5) is 21.2. The number of hydrogen-bond donors (Lipinski definition) is 4. The summed E-state index contributed by atoms with van der Waals surface area (Å²) in [7, 11) is 0. The molecule has 4 N–H and O–H groups in total. The van der Waals surface area contributed by atoms with E-state index in [0.29, 0.717) is 6.54 Å². The first-order valence-electron chi connectivity index (χ1n) is 4.37. The van der Waals surface area contributed by atoms with Crippen molar-refractivity contribution in [1.82, 2.24) is 5.32 Å². The van der Waals surface area contributed by atoms with Crippen LogP contribution in [0.25, 0.3) is 0 Å². The summed E-state index contributed by atoms with van der Waals surface area (Å²) < 4.78 is 0. The molecule has 2 atom stereocenters. The van der Waals surface area contributed by atoms with Crippen LogP contribution in [-0.4, -0.2) is 45.9 Å². The van der Waals surface area contributed by atoms with Crippen molar-refractivity contribution in [2.45, 2.75) is 32.0 Å². The fourth-order valence-corrected chi connectivity index (χ4v) is 0.771. The second-order valence-corrected chi connectivity index (χ2v) is 2.87. The molecule has 0 aromatic heterocycles. The molecular formula is C8H15NO5. The largest absolute Gasteiger partial charge is 0.479 e. The molecule has 0 radical (unpaired) electrons. The normalized spacial score (nSPS) is 14.5. The van der Waals surface area contributed by atoms with E-state index in [2.05, 4.69) is 5.32 Å². The predicted octanol–water partition coefficient (Wildman–Crippen LogP) is -1.29. The van der Waals surface area contributed by atoms with Crippen molar-refractivity contribution in [3.05, 3.63) is 0 Å². The minimum Gasteiger partial charge on any atom is -0.479 e. The third kappa shape index (κ3) is 4.20. The first kappa shape index (κ1) is 12.9. The lowest BCUT2D eigenvalue weighted by molar-refractivity contribution is -0.158. The number of carbonyl (C=O) groups is 2. The highest BCUT2D eigenvalue weighted by Crippen LogP contribution is 1.94. The van der Waals surface area contributed by atoms with Crippen LogP contribution in [0.3, 0.4) is 0 Å². The highest BCUT2D eigenvalue weighted by atomic mass is 16.4. The summed E-state index contributed by atoms with van der Waals surface area (Å²) in [6.07, 6.45) is -2.37. The van der Waals surface area contributed by atoms with Gasteiger partial charge in [0.1, 0.15) is 0 Å². The number of amides is 1. The van der Waals surface area contributed by atoms with Crippen molar-refractivity contribution in [3.8, 4) is 0 Å². The lowest BCUT2D eigenvalue weighted by atomic mass is 10.2. The van der Waals surface area contributed by atoms with Crippen LogP contribution in [0.15, 0.2) is 0 Å². The topological polar surface area (TPSA) is 107 Å². The Labute approximate surface area is 81.5 Å². The fraction of sp³-hybridized carbons (Fsp3) is 0.750. The van der Waals surface area contributed by atoms with Crippen LogP contribution in [0.5, 0.6) is 0 Å². The zero-order valence-corrected chi connectivity index (χ0v) is 7.93. The molecule has 0 rings (SSSR count). The summed E-state index contributed by atoms with van der Waals surface area (Å²) in [5.41, 5.74) is 0. The molecule has 0 aromatic carbocycles. The Bertz CT molecular complexity index is 206. The number of aliphatic hydroxyl groups excluding tert-OH is 2. The Balaban J connectivity index is 3.92. The SMILES string of the molecule is CCCCNC(=O)[C@H](O)[C@@H](O)C(=O)O. The highest BCUT2D eigenvalue weighted by molar-refractivity contribution is 5.87. The molecule has 14 heavy (non-hydrogen) atoms. The standard InChI is InChI=1S/C8H15NO5/c1-2-3-4-9-7(12)5(10)6(11)8(13)14/h5-6,10-11H,2-4H2,1H3,(H,9,12)(H,13,14)/t5-,6-/m1/s1. The van der Waals surface area contributed by atoms with E-state index >= 15 is 0 Å². The zero-order valence-electron chi connectivity index (χ0n) is 7.93. The first-order chi connectivity index (χ1) is 6.50. The second kappa shape index (κ2) is 6.33. The number of unbranched alkanes of at least 4 members (excludes halogenated alkanes) is 1. The van der Waals surface area contributed by atoms with Gasteiger partial charge in [0.25, 0.3) is 5.91 Å². The van der Waals surface area contributed by atoms with Gasteiger partial charge in [0.05, 0.1) is 0 Å². The van der Waals surface area contributed by atoms with Crippen molar-refractivity contribution >= 4 is 11.9 Å². The van der Waals surface area contributed by atoms with E-state index in [9.17, 15) is 9.59 Å². The Morgan fingerprint density at radius 3 is 2.29 bits per heavy atom. The summed E-state index contributed by atoms with van der Waals surface area (Å²) in [6.45, 7) is 2.29. The second-order valence-electron chi connectivity index (χ2n) is 2.87. The number of hydrogen-bond acceptors (Lipinski definition) is 4. The quantitative estimate of drug-likeness (QED) is 0.403. The van der Waals surface area contributed by atoms with Gasteiger partial charge in [-0.2, -0.15) is 0 Å². The summed E-state index contributed by atoms with van der Waals surface area (Å²) >= 11 is 0. The average molecular weight is 205 g/mol. The molecule has 0 aliphatic carbocycles. The van der Waals surface area contributed by atoms with Crippen LogP contribution >= 0.6 is 0 Å². The maximum Gasteiger partial charge on any atom is 0.335 e. The Morgan fingerprint density at radius 1 is 1.29 bits per heavy atom. The van der Waals surface area contributed by atoms with Crippen molar-refractivity contribution < 1.29 is 24.9 Å². The number of rotatable bonds is 6.